The highest BCUT2D eigenvalue weighted by Gasteiger charge is 2.20. The number of nitrogen functional groups attached to an aromatic ring is 1. The molecule has 1 aromatic heterocycles. The fourth-order valence-electron chi connectivity index (χ4n) is 7.61. The number of benzene rings is 6. The van der Waals surface area contributed by atoms with E-state index in [4.69, 9.17) is 5.73 Å². The Labute approximate surface area is 339 Å². The molecule has 7 aromatic rings. The molecular formula is C55H54N2. The van der Waals surface area contributed by atoms with E-state index < -0.39 is 0 Å². The Hall–Kier alpha value is -6.64. The van der Waals surface area contributed by atoms with Gasteiger partial charge in [-0.15, -0.1) is 0 Å². The molecule has 2 heteroatoms. The largest absolute Gasteiger partial charge is 0.398 e. The lowest BCUT2D eigenvalue weighted by Crippen LogP contribution is -1.99. The number of fused-ring (bicyclic) bond motifs is 4. The van der Waals surface area contributed by atoms with Crippen LogP contribution in [0.5, 0.6) is 0 Å². The minimum atomic E-state index is 0.798. The zero-order valence-electron chi connectivity index (χ0n) is 34.0. The van der Waals surface area contributed by atoms with Crippen LogP contribution in [0.25, 0.3) is 66.6 Å². The van der Waals surface area contributed by atoms with Crippen LogP contribution in [-0.2, 0) is 0 Å². The average Bonchev–Trinajstić information content (AvgIpc) is 3.88. The van der Waals surface area contributed by atoms with Crippen LogP contribution < -0.4 is 5.73 Å². The van der Waals surface area contributed by atoms with Gasteiger partial charge in [-0.3, -0.25) is 0 Å². The maximum atomic E-state index is 7.34. The molecule has 0 saturated heterocycles. The Bertz CT molecular complexity index is 2670. The molecule has 0 unspecified atom stereocenters. The Morgan fingerprint density at radius 3 is 2.16 bits per heavy atom. The summed E-state index contributed by atoms with van der Waals surface area (Å²) in [5, 5.41) is 4.76. The molecule has 0 bridgehead atoms. The Balaban J connectivity index is 0.00000133. The van der Waals surface area contributed by atoms with Crippen LogP contribution in [0.1, 0.15) is 64.2 Å². The van der Waals surface area contributed by atoms with Crippen molar-refractivity contribution < 1.29 is 0 Å². The van der Waals surface area contributed by atoms with E-state index in [9.17, 15) is 0 Å². The Kier molecular flexibility index (Phi) is 13.5. The molecule has 284 valence electrons. The van der Waals surface area contributed by atoms with E-state index in [2.05, 4.69) is 182 Å². The number of para-hydroxylation sites is 1. The smallest absolute Gasteiger partial charge is 0.0547 e. The lowest BCUT2D eigenvalue weighted by atomic mass is 9.89. The minimum Gasteiger partial charge on any atom is -0.398 e. The molecular weight excluding hydrogens is 689 g/mol. The number of hydrogen-bond acceptors (Lipinski definition) is 1. The summed E-state index contributed by atoms with van der Waals surface area (Å²) in [6.07, 6.45) is 23.0. The van der Waals surface area contributed by atoms with Crippen molar-refractivity contribution in [1.29, 1.82) is 0 Å². The normalized spacial score (nSPS) is 12.9. The van der Waals surface area contributed by atoms with Gasteiger partial charge in [0.25, 0.3) is 0 Å². The van der Waals surface area contributed by atoms with Gasteiger partial charge >= 0.3 is 0 Å². The summed E-state index contributed by atoms with van der Waals surface area (Å²) >= 11 is 0. The zero-order chi connectivity index (χ0) is 40.1. The second-order valence-corrected chi connectivity index (χ2v) is 13.4. The standard InChI is InChI=1S/C51H42N2.2C2H6/c1-3-5-6-8-17-36-26-31-42(32-27-36)53-48-25-14-13-23-45(48)46-33-30-41(35-49(46)53)50-44-22-12-11-20-40(44)34-47(51(50)52)43-24-15-21-39(43)29-28-37(16-4-2)38-18-9-7-10-19-38;2*1-2/h3,5-20,22-35H,1,4,21,52H2,2H3;2*1-2H3/b6-5-,17-8?,29-28-,37-16+;;. The molecule has 0 amide bonds. The topological polar surface area (TPSA) is 30.9 Å². The minimum absolute atomic E-state index is 0.798. The number of hydrogen-bond donors (Lipinski definition) is 1. The summed E-state index contributed by atoms with van der Waals surface area (Å²) in [6.45, 7) is 13.9. The van der Waals surface area contributed by atoms with Crippen LogP contribution >= 0.6 is 0 Å². The highest BCUT2D eigenvalue weighted by atomic mass is 15.0. The first-order chi connectivity index (χ1) is 28.1. The maximum Gasteiger partial charge on any atom is 0.0547 e. The van der Waals surface area contributed by atoms with Crippen molar-refractivity contribution in [1.82, 2.24) is 4.57 Å². The lowest BCUT2D eigenvalue weighted by Gasteiger charge is -2.17. The third kappa shape index (κ3) is 8.47. The molecule has 2 N–H and O–H groups in total. The molecule has 1 aliphatic carbocycles. The Morgan fingerprint density at radius 2 is 1.40 bits per heavy atom. The van der Waals surface area contributed by atoms with Crippen molar-refractivity contribution >= 4 is 55.5 Å². The lowest BCUT2D eigenvalue weighted by molar-refractivity contribution is 1.18. The van der Waals surface area contributed by atoms with Gasteiger partial charge in [-0.1, -0.05) is 199 Å². The highest BCUT2D eigenvalue weighted by Crippen LogP contribution is 2.44. The van der Waals surface area contributed by atoms with Gasteiger partial charge in [0.05, 0.1) is 11.0 Å². The number of nitrogens with zero attached hydrogens (tertiary/aromatic N) is 1. The monoisotopic (exact) mass is 742 g/mol. The number of rotatable bonds is 10. The fourth-order valence-corrected chi connectivity index (χ4v) is 7.61. The van der Waals surface area contributed by atoms with E-state index in [-0.39, 0.29) is 0 Å². The van der Waals surface area contributed by atoms with Crippen LogP contribution in [0.3, 0.4) is 0 Å². The van der Waals surface area contributed by atoms with Gasteiger partial charge < -0.3 is 10.3 Å². The summed E-state index contributed by atoms with van der Waals surface area (Å²) in [5.41, 5.74) is 20.8. The van der Waals surface area contributed by atoms with Crippen LogP contribution in [-0.4, -0.2) is 4.57 Å². The fraction of sp³-hybridized carbons (Fsp3) is 0.127. The van der Waals surface area contributed by atoms with Crippen molar-refractivity contribution in [3.05, 3.63) is 211 Å². The van der Waals surface area contributed by atoms with Gasteiger partial charge in [-0.2, -0.15) is 0 Å². The number of allylic oxidation sites excluding steroid dienone is 12. The third-order valence-corrected chi connectivity index (χ3v) is 10.1. The molecule has 1 heterocycles. The zero-order valence-corrected chi connectivity index (χ0v) is 34.0. The molecule has 2 nitrogen and oxygen atoms in total. The first-order valence-electron chi connectivity index (χ1n) is 20.4. The van der Waals surface area contributed by atoms with Gasteiger partial charge in [-0.25, -0.2) is 0 Å². The number of aromatic nitrogens is 1. The maximum absolute atomic E-state index is 7.34. The highest BCUT2D eigenvalue weighted by molar-refractivity contribution is 6.13. The molecule has 0 atom stereocenters. The van der Waals surface area contributed by atoms with E-state index >= 15 is 0 Å². The second kappa shape index (κ2) is 19.3. The molecule has 0 radical (unpaired) electrons. The summed E-state index contributed by atoms with van der Waals surface area (Å²) in [4.78, 5) is 0. The molecule has 1 aliphatic rings. The van der Waals surface area contributed by atoms with Crippen molar-refractivity contribution in [2.24, 2.45) is 0 Å². The molecule has 6 aromatic carbocycles. The van der Waals surface area contributed by atoms with Crippen molar-refractivity contribution in [2.45, 2.75) is 47.5 Å². The van der Waals surface area contributed by atoms with Crippen molar-refractivity contribution in [3.63, 3.8) is 0 Å². The predicted octanol–water partition coefficient (Wildman–Crippen LogP) is 15.8. The van der Waals surface area contributed by atoms with E-state index in [0.29, 0.717) is 0 Å². The van der Waals surface area contributed by atoms with E-state index in [1.165, 1.54) is 44.0 Å². The molecule has 0 saturated carbocycles. The molecule has 57 heavy (non-hydrogen) atoms. The first-order valence-corrected chi connectivity index (χ1v) is 20.4. The number of anilines is 1. The predicted molar refractivity (Wildman–Crippen MR) is 254 cm³/mol. The first kappa shape index (κ1) is 40.0. The molecule has 0 aliphatic heterocycles. The summed E-state index contributed by atoms with van der Waals surface area (Å²) in [5.74, 6) is 0. The third-order valence-electron chi connectivity index (χ3n) is 10.1. The quantitative estimate of drug-likeness (QED) is 0.110. The Morgan fingerprint density at radius 1 is 0.702 bits per heavy atom. The summed E-state index contributed by atoms with van der Waals surface area (Å²) < 4.78 is 2.38. The summed E-state index contributed by atoms with van der Waals surface area (Å²) in [6, 6.07) is 45.7. The van der Waals surface area contributed by atoms with Crippen LogP contribution in [0.15, 0.2) is 194 Å². The van der Waals surface area contributed by atoms with Gasteiger partial charge in [0.1, 0.15) is 0 Å². The summed E-state index contributed by atoms with van der Waals surface area (Å²) in [7, 11) is 0. The number of nitrogens with two attached hydrogens (primary N) is 1. The molecule has 0 spiro atoms. The van der Waals surface area contributed by atoms with Crippen LogP contribution in [0.4, 0.5) is 5.69 Å². The van der Waals surface area contributed by atoms with Gasteiger partial charge in [-0.05, 0) is 87.4 Å². The molecule has 8 rings (SSSR count). The van der Waals surface area contributed by atoms with Crippen LogP contribution in [0.2, 0.25) is 0 Å². The van der Waals surface area contributed by atoms with Gasteiger partial charge in [0, 0.05) is 33.3 Å². The molecule has 0 fully saturated rings. The SMILES string of the molecule is C=C/C=C\C=Cc1ccc(-n2c3ccccc3c3ccc(-c4c(N)c(C5=C(/C=C\C(=C/CC)c6ccccc6)CC=C5)cc5ccccc45)cc32)cc1.CC.CC. The van der Waals surface area contributed by atoms with E-state index in [1.807, 2.05) is 45.9 Å². The van der Waals surface area contributed by atoms with Crippen LogP contribution in [0, 0.1) is 0 Å². The van der Waals surface area contributed by atoms with E-state index in [0.717, 1.165) is 57.4 Å². The van der Waals surface area contributed by atoms with Gasteiger partial charge in [0.2, 0.25) is 0 Å². The van der Waals surface area contributed by atoms with Crippen molar-refractivity contribution in [2.75, 3.05) is 5.73 Å². The average molecular weight is 743 g/mol. The second-order valence-electron chi connectivity index (χ2n) is 13.4. The van der Waals surface area contributed by atoms with Gasteiger partial charge in [0.15, 0.2) is 0 Å². The van der Waals surface area contributed by atoms with Crippen molar-refractivity contribution in [3.8, 4) is 16.8 Å². The van der Waals surface area contributed by atoms with E-state index in [1.54, 1.807) is 6.08 Å².